The van der Waals surface area contributed by atoms with Crippen LogP contribution < -0.4 is 10.6 Å². The van der Waals surface area contributed by atoms with Crippen LogP contribution in [0, 0.1) is 0 Å². The average molecular weight is 242 g/mol. The van der Waals surface area contributed by atoms with Gasteiger partial charge in [0.15, 0.2) is 0 Å². The van der Waals surface area contributed by atoms with Crippen molar-refractivity contribution in [2.75, 3.05) is 23.7 Å². The summed E-state index contributed by atoms with van der Waals surface area (Å²) < 4.78 is 5.78. The van der Waals surface area contributed by atoms with Crippen molar-refractivity contribution in [3.8, 4) is 0 Å². The van der Waals surface area contributed by atoms with Crippen molar-refractivity contribution < 1.29 is 4.42 Å². The number of thioether (sulfide) groups is 1. The van der Waals surface area contributed by atoms with E-state index in [0.29, 0.717) is 11.9 Å². The molecule has 0 bridgehead atoms. The highest BCUT2D eigenvalue weighted by Gasteiger charge is 2.29. The van der Waals surface area contributed by atoms with Crippen LogP contribution in [0.5, 0.6) is 0 Å². The summed E-state index contributed by atoms with van der Waals surface area (Å²) in [5, 5.41) is 8.00. The third-order valence-corrected chi connectivity index (χ3v) is 3.81. The van der Waals surface area contributed by atoms with Gasteiger partial charge in [0.05, 0.1) is 6.04 Å². The van der Waals surface area contributed by atoms with E-state index in [2.05, 4.69) is 28.9 Å². The summed E-state index contributed by atoms with van der Waals surface area (Å²) in [6, 6.07) is 0.397. The predicted molar refractivity (Wildman–Crippen MR) is 65.7 cm³/mol. The lowest BCUT2D eigenvalue weighted by molar-refractivity contribution is 0.451. The summed E-state index contributed by atoms with van der Waals surface area (Å²) >= 11 is 1.98. The first-order valence-corrected chi connectivity index (χ1v) is 6.44. The van der Waals surface area contributed by atoms with Crippen molar-refractivity contribution in [2.24, 2.45) is 5.73 Å². The van der Waals surface area contributed by atoms with E-state index in [9.17, 15) is 0 Å². The van der Waals surface area contributed by atoms with Crippen LogP contribution >= 0.6 is 11.8 Å². The predicted octanol–water partition coefficient (Wildman–Crippen LogP) is 1.42. The SMILES string of the molecule is CC(N)c1nnc(N2CCSC(C)(C)C2)o1. The number of nitrogens with zero attached hydrogens (tertiary/aromatic N) is 3. The van der Waals surface area contributed by atoms with E-state index in [1.807, 2.05) is 18.7 Å². The molecule has 2 N–H and O–H groups in total. The quantitative estimate of drug-likeness (QED) is 0.846. The molecule has 1 aromatic rings. The molecule has 0 amide bonds. The van der Waals surface area contributed by atoms with Gasteiger partial charge in [0.25, 0.3) is 0 Å². The van der Waals surface area contributed by atoms with E-state index < -0.39 is 0 Å². The minimum Gasteiger partial charge on any atom is -0.406 e. The normalized spacial score (nSPS) is 22.1. The highest BCUT2D eigenvalue weighted by Crippen LogP contribution is 2.31. The van der Waals surface area contributed by atoms with Crippen molar-refractivity contribution in [3.05, 3.63) is 5.89 Å². The van der Waals surface area contributed by atoms with Gasteiger partial charge < -0.3 is 15.1 Å². The fraction of sp³-hybridized carbons (Fsp3) is 0.800. The first-order valence-electron chi connectivity index (χ1n) is 5.46. The third-order valence-electron chi connectivity index (χ3n) is 2.52. The van der Waals surface area contributed by atoms with Gasteiger partial charge in [-0.05, 0) is 20.8 Å². The Hall–Kier alpha value is -0.750. The molecular weight excluding hydrogens is 224 g/mol. The van der Waals surface area contributed by atoms with Crippen molar-refractivity contribution in [3.63, 3.8) is 0 Å². The molecule has 1 fully saturated rings. The van der Waals surface area contributed by atoms with E-state index in [-0.39, 0.29) is 10.8 Å². The highest BCUT2D eigenvalue weighted by molar-refractivity contribution is 8.00. The summed E-state index contributed by atoms with van der Waals surface area (Å²) in [6.07, 6.45) is 0. The number of nitrogens with two attached hydrogens (primary N) is 1. The lowest BCUT2D eigenvalue weighted by Gasteiger charge is -2.36. The van der Waals surface area contributed by atoms with Crippen LogP contribution in [-0.4, -0.2) is 33.8 Å². The van der Waals surface area contributed by atoms with Gasteiger partial charge in [-0.1, -0.05) is 5.10 Å². The van der Waals surface area contributed by atoms with Crippen molar-refractivity contribution in [1.29, 1.82) is 0 Å². The summed E-state index contributed by atoms with van der Waals surface area (Å²) in [4.78, 5) is 2.13. The molecule has 90 valence electrons. The topological polar surface area (TPSA) is 68.2 Å². The lowest BCUT2D eigenvalue weighted by atomic mass is 10.2. The molecule has 0 aliphatic carbocycles. The van der Waals surface area contributed by atoms with Crippen LogP contribution in [0.15, 0.2) is 4.42 Å². The molecule has 0 aromatic carbocycles. The Kier molecular flexibility index (Phi) is 3.12. The van der Waals surface area contributed by atoms with Crippen molar-refractivity contribution >= 4 is 17.8 Å². The van der Waals surface area contributed by atoms with Crippen molar-refractivity contribution in [2.45, 2.75) is 31.6 Å². The zero-order valence-electron chi connectivity index (χ0n) is 9.93. The number of hydrogen-bond acceptors (Lipinski definition) is 6. The second-order valence-corrected chi connectivity index (χ2v) is 6.54. The first-order chi connectivity index (χ1) is 7.48. The fourth-order valence-corrected chi connectivity index (χ4v) is 2.83. The molecule has 0 spiro atoms. The molecule has 16 heavy (non-hydrogen) atoms. The molecular formula is C10H18N4OS. The summed E-state index contributed by atoms with van der Waals surface area (Å²) in [7, 11) is 0. The van der Waals surface area contributed by atoms with Gasteiger partial charge in [-0.25, -0.2) is 0 Å². The van der Waals surface area contributed by atoms with Gasteiger partial charge in [0.2, 0.25) is 5.89 Å². The molecule has 1 unspecified atom stereocenters. The molecule has 2 heterocycles. The number of rotatable bonds is 2. The molecule has 1 aliphatic rings. The first kappa shape index (κ1) is 11.7. The van der Waals surface area contributed by atoms with Gasteiger partial charge in [-0.3, -0.25) is 0 Å². The largest absolute Gasteiger partial charge is 0.406 e. The van der Waals surface area contributed by atoms with Gasteiger partial charge in [-0.15, -0.1) is 5.10 Å². The molecule has 6 heteroatoms. The molecule has 0 saturated carbocycles. The van der Waals surface area contributed by atoms with Crippen LogP contribution in [-0.2, 0) is 0 Å². The van der Waals surface area contributed by atoms with Crippen LogP contribution in [0.4, 0.5) is 6.01 Å². The van der Waals surface area contributed by atoms with Crippen LogP contribution in [0.1, 0.15) is 32.7 Å². The van der Waals surface area contributed by atoms with E-state index in [4.69, 9.17) is 10.2 Å². The van der Waals surface area contributed by atoms with Crippen LogP contribution in [0.25, 0.3) is 0 Å². The maximum Gasteiger partial charge on any atom is 0.318 e. The zero-order valence-corrected chi connectivity index (χ0v) is 10.8. The van der Waals surface area contributed by atoms with Gasteiger partial charge in [0.1, 0.15) is 0 Å². The smallest absolute Gasteiger partial charge is 0.318 e. The Labute approximate surface area is 99.8 Å². The second kappa shape index (κ2) is 4.25. The Morgan fingerprint density at radius 3 is 2.81 bits per heavy atom. The number of hydrogen-bond donors (Lipinski definition) is 1. The standard InChI is InChI=1S/C10H18N4OS/c1-7(11)8-12-13-9(15-8)14-4-5-16-10(2,3)6-14/h7H,4-6,11H2,1-3H3. The summed E-state index contributed by atoms with van der Waals surface area (Å²) in [5.74, 6) is 1.59. The molecule has 1 aliphatic heterocycles. The van der Waals surface area contributed by atoms with E-state index in [1.165, 1.54) is 0 Å². The summed E-state index contributed by atoms with van der Waals surface area (Å²) in [6.45, 7) is 8.18. The van der Waals surface area contributed by atoms with E-state index >= 15 is 0 Å². The van der Waals surface area contributed by atoms with Gasteiger partial charge in [-0.2, -0.15) is 11.8 Å². The average Bonchev–Trinajstić information content (AvgIpc) is 2.64. The Morgan fingerprint density at radius 1 is 1.50 bits per heavy atom. The van der Waals surface area contributed by atoms with Crippen molar-refractivity contribution in [1.82, 2.24) is 10.2 Å². The maximum absolute atomic E-state index is 5.69. The highest BCUT2D eigenvalue weighted by atomic mass is 32.2. The van der Waals surface area contributed by atoms with Crippen LogP contribution in [0.2, 0.25) is 0 Å². The maximum atomic E-state index is 5.69. The molecule has 5 nitrogen and oxygen atoms in total. The third kappa shape index (κ3) is 2.49. The Morgan fingerprint density at radius 2 is 2.25 bits per heavy atom. The fourth-order valence-electron chi connectivity index (χ4n) is 1.72. The van der Waals surface area contributed by atoms with Crippen LogP contribution in [0.3, 0.4) is 0 Å². The zero-order chi connectivity index (χ0) is 11.8. The number of anilines is 1. The van der Waals surface area contributed by atoms with E-state index in [1.54, 1.807) is 0 Å². The minimum atomic E-state index is -0.201. The Bertz CT molecular complexity index is 363. The summed E-state index contributed by atoms with van der Waals surface area (Å²) in [5.41, 5.74) is 5.69. The number of aromatic nitrogens is 2. The lowest BCUT2D eigenvalue weighted by Crippen LogP contribution is -2.43. The van der Waals surface area contributed by atoms with Gasteiger partial charge in [0, 0.05) is 23.6 Å². The Balaban J connectivity index is 2.11. The minimum absolute atomic E-state index is 0.201. The van der Waals surface area contributed by atoms with Gasteiger partial charge >= 0.3 is 6.01 Å². The molecule has 1 saturated heterocycles. The van der Waals surface area contributed by atoms with E-state index in [0.717, 1.165) is 18.8 Å². The monoisotopic (exact) mass is 242 g/mol. The molecule has 2 rings (SSSR count). The second-order valence-electron chi connectivity index (χ2n) is 4.74. The molecule has 1 aromatic heterocycles. The molecule has 0 radical (unpaired) electrons. The molecule has 1 atom stereocenters.